The normalized spacial score (nSPS) is 18.1. The van der Waals surface area contributed by atoms with Gasteiger partial charge in [0.05, 0.1) is 24.4 Å². The van der Waals surface area contributed by atoms with Gasteiger partial charge in [0.25, 0.3) is 5.91 Å². The Hall–Kier alpha value is -3.90. The molecule has 2 amide bonds. The summed E-state index contributed by atoms with van der Waals surface area (Å²) in [6, 6.07) is 9.34. The van der Waals surface area contributed by atoms with E-state index in [1.54, 1.807) is 0 Å². The van der Waals surface area contributed by atoms with Crippen LogP contribution < -0.4 is 20.5 Å². The highest BCUT2D eigenvalue weighted by Crippen LogP contribution is 2.47. The molecule has 2 heterocycles. The van der Waals surface area contributed by atoms with Gasteiger partial charge in [0.15, 0.2) is 0 Å². The lowest BCUT2D eigenvalue weighted by atomic mass is 9.81. The summed E-state index contributed by atoms with van der Waals surface area (Å²) in [5.74, 6) is -2.37. The van der Waals surface area contributed by atoms with Crippen LogP contribution in [-0.2, 0) is 15.8 Å². The van der Waals surface area contributed by atoms with Gasteiger partial charge < -0.3 is 25.6 Å². The smallest absolute Gasteiger partial charge is 0.424 e. The minimum atomic E-state index is -5.35. The zero-order chi connectivity index (χ0) is 28.8. The van der Waals surface area contributed by atoms with Gasteiger partial charge >= 0.3 is 6.18 Å². The number of halogens is 5. The lowest BCUT2D eigenvalue weighted by Gasteiger charge is -2.31. The molecule has 0 spiro atoms. The quantitative estimate of drug-likeness (QED) is 0.373. The van der Waals surface area contributed by atoms with Gasteiger partial charge in [0.1, 0.15) is 35.0 Å². The van der Waals surface area contributed by atoms with Crippen LogP contribution in [0, 0.1) is 5.82 Å². The van der Waals surface area contributed by atoms with Gasteiger partial charge in [-0.25, -0.2) is 9.37 Å². The average molecular weight is 568 g/mol. The van der Waals surface area contributed by atoms with Gasteiger partial charge in [-0.3, -0.25) is 9.59 Å². The average Bonchev–Trinajstić information content (AvgIpc) is 3.24. The van der Waals surface area contributed by atoms with E-state index < -0.39 is 47.1 Å². The first kappa shape index (κ1) is 28.1. The highest BCUT2D eigenvalue weighted by molar-refractivity contribution is 6.32. The Labute approximate surface area is 224 Å². The van der Waals surface area contributed by atoms with Crippen LogP contribution in [0.3, 0.4) is 0 Å². The summed E-state index contributed by atoms with van der Waals surface area (Å²) in [7, 11) is 1.30. The van der Waals surface area contributed by atoms with Crippen LogP contribution in [0.1, 0.15) is 28.5 Å². The fourth-order valence-electron chi connectivity index (χ4n) is 4.05. The van der Waals surface area contributed by atoms with E-state index in [4.69, 9.17) is 26.8 Å². The Morgan fingerprint density at radius 2 is 1.87 bits per heavy atom. The van der Waals surface area contributed by atoms with E-state index in [0.717, 1.165) is 18.2 Å². The maximum Gasteiger partial charge on any atom is 0.424 e. The Kier molecular flexibility index (Phi) is 7.21. The van der Waals surface area contributed by atoms with Crippen LogP contribution in [0.5, 0.6) is 11.5 Å². The van der Waals surface area contributed by atoms with Crippen LogP contribution >= 0.6 is 11.6 Å². The molecule has 3 aromatic rings. The fourth-order valence-corrected chi connectivity index (χ4v) is 4.24. The molecule has 1 aromatic heterocycles. The summed E-state index contributed by atoms with van der Waals surface area (Å²) in [5, 5.41) is 13.3. The first-order valence-corrected chi connectivity index (χ1v) is 11.7. The minimum Gasteiger partial charge on any atom is -0.495 e. The summed E-state index contributed by atoms with van der Waals surface area (Å²) >= 11 is 5.94. The van der Waals surface area contributed by atoms with Gasteiger partial charge in [-0.1, -0.05) is 11.6 Å². The van der Waals surface area contributed by atoms with Crippen molar-refractivity contribution in [3.8, 4) is 22.8 Å². The molecule has 0 saturated heterocycles. The van der Waals surface area contributed by atoms with Crippen LogP contribution in [0.4, 0.5) is 17.6 Å². The number of hydrogen-bond acceptors (Lipinski definition) is 6. The topological polar surface area (TPSA) is 124 Å². The predicted molar refractivity (Wildman–Crippen MR) is 132 cm³/mol. The summed E-state index contributed by atoms with van der Waals surface area (Å²) in [6.07, 6.45) is -5.35. The Bertz CT molecular complexity index is 1450. The van der Waals surface area contributed by atoms with Crippen molar-refractivity contribution in [2.24, 2.45) is 5.73 Å². The van der Waals surface area contributed by atoms with Gasteiger partial charge in [-0.2, -0.15) is 13.2 Å². The molecule has 13 heteroatoms. The SMILES string of the molecule is COc1cc(C(=O)NCC(O)(c2cc3c(c(-c4ccc(F)cc4)n2)OC[C@]3(C)C(N)=O)C(F)(F)F)ccc1Cl. The molecule has 8 nitrogen and oxygen atoms in total. The third-order valence-electron chi connectivity index (χ3n) is 6.54. The number of aromatic nitrogens is 1. The Morgan fingerprint density at radius 3 is 2.46 bits per heavy atom. The number of nitrogens with zero attached hydrogens (tertiary/aromatic N) is 1. The molecule has 206 valence electrons. The van der Waals surface area contributed by atoms with E-state index in [-0.39, 0.29) is 45.5 Å². The Morgan fingerprint density at radius 1 is 1.21 bits per heavy atom. The molecule has 2 atom stereocenters. The third-order valence-corrected chi connectivity index (χ3v) is 6.86. The standard InChI is InChI=1S/C26H22ClF4N3O5/c1-24(23(32)36)12-39-21-16(24)10-19(34-20(21)13-3-6-15(28)7-4-13)25(37,26(29,30)31)11-33-22(35)14-5-8-17(27)18(9-14)38-2/h3-10,37H,11-12H2,1-2H3,(H2,32,36)(H,33,35)/t24-,25?/m0/s1. The van der Waals surface area contributed by atoms with Gasteiger partial charge in [0, 0.05) is 16.7 Å². The number of pyridine rings is 1. The first-order chi connectivity index (χ1) is 18.2. The number of primary amides is 1. The molecule has 0 saturated carbocycles. The molecule has 0 fully saturated rings. The molecule has 4 rings (SSSR count). The number of fused-ring (bicyclic) bond motifs is 1. The highest BCUT2D eigenvalue weighted by Gasteiger charge is 2.57. The lowest BCUT2D eigenvalue weighted by molar-refractivity contribution is -0.265. The van der Waals surface area contributed by atoms with Gasteiger partial charge in [-0.15, -0.1) is 0 Å². The van der Waals surface area contributed by atoms with Crippen LogP contribution in [0.2, 0.25) is 5.02 Å². The number of nitrogens with two attached hydrogens (primary N) is 1. The number of amides is 2. The number of nitrogens with one attached hydrogen (secondary N) is 1. The van der Waals surface area contributed by atoms with Crippen molar-refractivity contribution in [2.45, 2.75) is 24.1 Å². The van der Waals surface area contributed by atoms with E-state index >= 15 is 0 Å². The maximum absolute atomic E-state index is 14.5. The molecule has 2 aromatic carbocycles. The number of ether oxygens (including phenoxy) is 2. The number of rotatable bonds is 7. The van der Waals surface area contributed by atoms with Gasteiger partial charge in [0.2, 0.25) is 11.5 Å². The van der Waals surface area contributed by atoms with E-state index in [9.17, 15) is 32.3 Å². The molecule has 1 aliphatic heterocycles. The second kappa shape index (κ2) is 10.0. The number of carbonyl (C=O) groups is 2. The van der Waals surface area contributed by atoms with E-state index in [0.29, 0.717) is 0 Å². The van der Waals surface area contributed by atoms with Gasteiger partial charge in [-0.05, 0) is 55.5 Å². The van der Waals surface area contributed by atoms with E-state index in [2.05, 4.69) is 10.3 Å². The van der Waals surface area contributed by atoms with E-state index in [1.807, 2.05) is 0 Å². The molecular weight excluding hydrogens is 546 g/mol. The maximum atomic E-state index is 14.5. The van der Waals surface area contributed by atoms with Crippen molar-refractivity contribution in [3.63, 3.8) is 0 Å². The Balaban J connectivity index is 1.82. The second-order valence-corrected chi connectivity index (χ2v) is 9.52. The largest absolute Gasteiger partial charge is 0.495 e. The van der Waals surface area contributed by atoms with Crippen molar-refractivity contribution in [2.75, 3.05) is 20.3 Å². The molecule has 0 aliphatic carbocycles. The molecular formula is C26H22ClF4N3O5. The van der Waals surface area contributed by atoms with Crippen molar-refractivity contribution in [1.82, 2.24) is 10.3 Å². The second-order valence-electron chi connectivity index (χ2n) is 9.11. The van der Waals surface area contributed by atoms with Crippen molar-refractivity contribution >= 4 is 23.4 Å². The molecule has 39 heavy (non-hydrogen) atoms. The number of hydrogen-bond donors (Lipinski definition) is 3. The van der Waals surface area contributed by atoms with Crippen LogP contribution in [-0.4, -0.2) is 48.3 Å². The van der Waals surface area contributed by atoms with Crippen molar-refractivity contribution in [1.29, 1.82) is 0 Å². The predicted octanol–water partition coefficient (Wildman–Crippen LogP) is 3.87. The summed E-state index contributed by atoms with van der Waals surface area (Å²) in [4.78, 5) is 29.0. The zero-order valence-corrected chi connectivity index (χ0v) is 21.3. The summed E-state index contributed by atoms with van der Waals surface area (Å²) in [5.41, 5.74) is -0.804. The number of alkyl halides is 3. The zero-order valence-electron chi connectivity index (χ0n) is 20.5. The number of carbonyl (C=O) groups excluding carboxylic acids is 2. The fraction of sp³-hybridized carbons (Fsp3) is 0.269. The molecule has 4 N–H and O–H groups in total. The third kappa shape index (κ3) is 4.97. The highest BCUT2D eigenvalue weighted by atomic mass is 35.5. The van der Waals surface area contributed by atoms with E-state index in [1.165, 1.54) is 44.4 Å². The molecule has 0 bridgehead atoms. The summed E-state index contributed by atoms with van der Waals surface area (Å²) in [6.45, 7) is -0.263. The van der Waals surface area contributed by atoms with Crippen LogP contribution in [0.15, 0.2) is 48.5 Å². The number of benzene rings is 2. The molecule has 0 radical (unpaired) electrons. The monoisotopic (exact) mass is 567 g/mol. The van der Waals surface area contributed by atoms with Crippen LogP contribution in [0.25, 0.3) is 11.3 Å². The lowest BCUT2D eigenvalue weighted by Crippen LogP contribution is -2.51. The molecule has 1 aliphatic rings. The first-order valence-electron chi connectivity index (χ1n) is 11.4. The van der Waals surface area contributed by atoms with Crippen molar-refractivity contribution < 1.29 is 41.7 Å². The minimum absolute atomic E-state index is 0.0338. The summed E-state index contributed by atoms with van der Waals surface area (Å²) < 4.78 is 67.6. The number of methoxy groups -OCH3 is 1. The number of aliphatic hydroxyl groups is 1. The van der Waals surface area contributed by atoms with Crippen molar-refractivity contribution in [3.05, 3.63) is 76.2 Å². The molecule has 1 unspecified atom stereocenters.